The summed E-state index contributed by atoms with van der Waals surface area (Å²) in [5.74, 6) is 0.440. The van der Waals surface area contributed by atoms with Crippen LogP contribution in [0.15, 0.2) is 36.5 Å². The number of benzene rings is 1. The molecule has 1 aliphatic heterocycles. The summed E-state index contributed by atoms with van der Waals surface area (Å²) >= 11 is 0. The molecule has 0 aliphatic carbocycles. The summed E-state index contributed by atoms with van der Waals surface area (Å²) in [4.78, 5) is 19.4. The van der Waals surface area contributed by atoms with E-state index in [1.807, 2.05) is 6.92 Å². The molecule has 3 aromatic rings. The van der Waals surface area contributed by atoms with E-state index >= 15 is 0 Å². The Labute approximate surface area is 167 Å². The maximum atomic E-state index is 13.7. The number of rotatable bonds is 4. The van der Waals surface area contributed by atoms with Gasteiger partial charge in [0.15, 0.2) is 5.65 Å². The first-order chi connectivity index (χ1) is 14.0. The third-order valence-corrected chi connectivity index (χ3v) is 5.40. The first kappa shape index (κ1) is 19.3. The van der Waals surface area contributed by atoms with Gasteiger partial charge in [-0.2, -0.15) is 5.10 Å². The molecular formula is C21H22F2N4O2. The molecule has 3 heterocycles. The molecule has 2 aromatic heterocycles. The van der Waals surface area contributed by atoms with Crippen molar-refractivity contribution >= 4 is 11.6 Å². The van der Waals surface area contributed by atoms with Crippen molar-refractivity contribution < 1.29 is 18.3 Å². The van der Waals surface area contributed by atoms with Gasteiger partial charge >= 0.3 is 0 Å². The van der Waals surface area contributed by atoms with E-state index in [0.717, 1.165) is 23.8 Å². The minimum atomic E-state index is -2.76. The number of carbonyl (C=O) groups is 1. The number of piperidine rings is 1. The van der Waals surface area contributed by atoms with Crippen LogP contribution in [0.1, 0.15) is 48.7 Å². The molecule has 0 saturated carbocycles. The number of alkyl halides is 2. The Morgan fingerprint density at radius 2 is 2.00 bits per heavy atom. The minimum absolute atomic E-state index is 0.102. The lowest BCUT2D eigenvalue weighted by molar-refractivity contribution is 0.0637. The first-order valence-electron chi connectivity index (χ1n) is 9.62. The van der Waals surface area contributed by atoms with Gasteiger partial charge in [0.25, 0.3) is 12.3 Å². The number of methoxy groups -OCH3 is 1. The summed E-state index contributed by atoms with van der Waals surface area (Å²) < 4.78 is 33.7. The lowest BCUT2D eigenvalue weighted by Gasteiger charge is -2.33. The highest BCUT2D eigenvalue weighted by molar-refractivity contribution is 6.00. The van der Waals surface area contributed by atoms with E-state index in [4.69, 9.17) is 4.74 Å². The van der Waals surface area contributed by atoms with Crippen LogP contribution in [0.25, 0.3) is 16.9 Å². The number of likely N-dealkylation sites (tertiary alicyclic amines) is 1. The van der Waals surface area contributed by atoms with E-state index in [0.29, 0.717) is 23.6 Å². The number of ether oxygens (including phenoxy) is 1. The van der Waals surface area contributed by atoms with Gasteiger partial charge in [-0.25, -0.2) is 18.3 Å². The molecule has 0 radical (unpaired) electrons. The molecule has 0 bridgehead atoms. The van der Waals surface area contributed by atoms with Crippen molar-refractivity contribution in [2.45, 2.75) is 38.7 Å². The van der Waals surface area contributed by atoms with Gasteiger partial charge in [0.2, 0.25) is 0 Å². The number of fused-ring (bicyclic) bond motifs is 1. The zero-order valence-corrected chi connectivity index (χ0v) is 16.3. The second-order valence-corrected chi connectivity index (χ2v) is 7.23. The average Bonchev–Trinajstić information content (AvgIpc) is 3.17. The topological polar surface area (TPSA) is 59.7 Å². The summed E-state index contributed by atoms with van der Waals surface area (Å²) in [7, 11) is 1.56. The van der Waals surface area contributed by atoms with Crippen molar-refractivity contribution in [2.24, 2.45) is 0 Å². The van der Waals surface area contributed by atoms with Crippen LogP contribution in [0.4, 0.5) is 8.78 Å². The van der Waals surface area contributed by atoms with Gasteiger partial charge in [-0.15, -0.1) is 0 Å². The lowest BCUT2D eigenvalue weighted by atomic mass is 10.0. The van der Waals surface area contributed by atoms with Crippen molar-refractivity contribution in [2.75, 3.05) is 13.7 Å². The smallest absolute Gasteiger partial charge is 0.280 e. The summed E-state index contributed by atoms with van der Waals surface area (Å²) in [5, 5.41) is 4.05. The van der Waals surface area contributed by atoms with Crippen LogP contribution in [-0.2, 0) is 0 Å². The Morgan fingerprint density at radius 3 is 2.66 bits per heavy atom. The van der Waals surface area contributed by atoms with Crippen LogP contribution >= 0.6 is 0 Å². The van der Waals surface area contributed by atoms with Crippen LogP contribution < -0.4 is 4.74 Å². The number of amides is 1. The van der Waals surface area contributed by atoms with E-state index in [-0.39, 0.29) is 28.9 Å². The molecule has 29 heavy (non-hydrogen) atoms. The molecule has 0 spiro atoms. The molecule has 152 valence electrons. The molecule has 4 rings (SSSR count). The summed E-state index contributed by atoms with van der Waals surface area (Å²) in [6, 6.07) is 8.38. The predicted octanol–water partition coefficient (Wildman–Crippen LogP) is 4.36. The molecule has 1 atom stereocenters. The van der Waals surface area contributed by atoms with Gasteiger partial charge in [-0.05, 0) is 56.5 Å². The molecule has 1 aromatic carbocycles. The van der Waals surface area contributed by atoms with Crippen molar-refractivity contribution in [3.63, 3.8) is 0 Å². The molecule has 0 unspecified atom stereocenters. The monoisotopic (exact) mass is 400 g/mol. The first-order valence-corrected chi connectivity index (χ1v) is 9.62. The number of halogens is 2. The van der Waals surface area contributed by atoms with Crippen LogP contribution in [0.2, 0.25) is 0 Å². The Morgan fingerprint density at radius 1 is 1.24 bits per heavy atom. The van der Waals surface area contributed by atoms with E-state index in [1.165, 1.54) is 12.3 Å². The SMILES string of the molecule is COc1ccc(-c2cc(C(F)F)n3ncc(C(=O)N4CCCC[C@@H]4C)c3n2)cc1. The van der Waals surface area contributed by atoms with Gasteiger partial charge in [0, 0.05) is 18.2 Å². The second-order valence-electron chi connectivity index (χ2n) is 7.23. The normalized spacial score (nSPS) is 17.1. The Kier molecular flexibility index (Phi) is 5.17. The molecule has 0 N–H and O–H groups in total. The van der Waals surface area contributed by atoms with Crippen molar-refractivity contribution in [3.05, 3.63) is 47.8 Å². The predicted molar refractivity (Wildman–Crippen MR) is 104 cm³/mol. The van der Waals surface area contributed by atoms with Crippen LogP contribution in [-0.4, -0.2) is 45.1 Å². The summed E-state index contributed by atoms with van der Waals surface area (Å²) in [5.41, 5.74) is 1.11. The third kappa shape index (κ3) is 3.54. The molecular weight excluding hydrogens is 378 g/mol. The molecule has 1 saturated heterocycles. The van der Waals surface area contributed by atoms with Crippen LogP contribution in [0.5, 0.6) is 5.75 Å². The van der Waals surface area contributed by atoms with Crippen LogP contribution in [0, 0.1) is 0 Å². The number of aromatic nitrogens is 3. The highest BCUT2D eigenvalue weighted by Gasteiger charge is 2.28. The fraction of sp³-hybridized carbons (Fsp3) is 0.381. The maximum Gasteiger partial charge on any atom is 0.280 e. The Hall–Kier alpha value is -3.03. The quantitative estimate of drug-likeness (QED) is 0.653. The molecule has 1 aliphatic rings. The largest absolute Gasteiger partial charge is 0.497 e. The van der Waals surface area contributed by atoms with Gasteiger partial charge in [-0.1, -0.05) is 0 Å². The van der Waals surface area contributed by atoms with E-state index in [1.54, 1.807) is 36.3 Å². The average molecular weight is 400 g/mol. The molecule has 1 fully saturated rings. The van der Waals surface area contributed by atoms with Gasteiger partial charge in [-0.3, -0.25) is 4.79 Å². The highest BCUT2D eigenvalue weighted by atomic mass is 19.3. The molecule has 6 nitrogen and oxygen atoms in total. The number of hydrogen-bond donors (Lipinski definition) is 0. The van der Waals surface area contributed by atoms with Crippen molar-refractivity contribution in [3.8, 4) is 17.0 Å². The highest BCUT2D eigenvalue weighted by Crippen LogP contribution is 2.29. The maximum absolute atomic E-state index is 13.7. The summed E-state index contributed by atoms with van der Waals surface area (Å²) in [6.45, 7) is 2.65. The van der Waals surface area contributed by atoms with E-state index in [9.17, 15) is 13.6 Å². The number of hydrogen-bond acceptors (Lipinski definition) is 4. The standard InChI is InChI=1S/C21H22F2N4O2/c1-13-5-3-4-10-26(13)21(28)16-12-24-27-18(19(22)23)11-17(25-20(16)27)14-6-8-15(29-2)9-7-14/h6-9,11-13,19H,3-5,10H2,1-2H3/t13-/m0/s1. The minimum Gasteiger partial charge on any atom is -0.497 e. The Bertz CT molecular complexity index is 1030. The fourth-order valence-corrected chi connectivity index (χ4v) is 3.76. The molecule has 8 heteroatoms. The lowest BCUT2D eigenvalue weighted by Crippen LogP contribution is -2.42. The number of nitrogens with zero attached hydrogens (tertiary/aromatic N) is 4. The van der Waals surface area contributed by atoms with Gasteiger partial charge in [0.05, 0.1) is 19.0 Å². The van der Waals surface area contributed by atoms with Crippen molar-refractivity contribution in [1.29, 1.82) is 0 Å². The summed E-state index contributed by atoms with van der Waals surface area (Å²) in [6.07, 6.45) is 1.53. The second kappa shape index (κ2) is 7.77. The van der Waals surface area contributed by atoms with Gasteiger partial charge < -0.3 is 9.64 Å². The van der Waals surface area contributed by atoms with E-state index < -0.39 is 6.43 Å². The number of carbonyl (C=O) groups excluding carboxylic acids is 1. The molecule has 1 amide bonds. The Balaban J connectivity index is 1.82. The fourth-order valence-electron chi connectivity index (χ4n) is 3.76. The van der Waals surface area contributed by atoms with Crippen molar-refractivity contribution in [1.82, 2.24) is 19.5 Å². The third-order valence-electron chi connectivity index (χ3n) is 5.40. The van der Waals surface area contributed by atoms with Crippen LogP contribution in [0.3, 0.4) is 0 Å². The zero-order chi connectivity index (χ0) is 20.5. The zero-order valence-electron chi connectivity index (χ0n) is 16.3. The van der Waals surface area contributed by atoms with E-state index in [2.05, 4.69) is 10.1 Å². The van der Waals surface area contributed by atoms with Gasteiger partial charge in [0.1, 0.15) is 17.0 Å².